The maximum atomic E-state index is 2.58. The van der Waals surface area contributed by atoms with Gasteiger partial charge in [-0.15, -0.1) is 0 Å². The number of hydrogen-bond acceptors (Lipinski definition) is 2. The van der Waals surface area contributed by atoms with Gasteiger partial charge in [-0.3, -0.25) is 0 Å². The minimum atomic E-state index is 0.0649. The Morgan fingerprint density at radius 1 is 0.203 bits per heavy atom. The van der Waals surface area contributed by atoms with Crippen molar-refractivity contribution in [1.82, 2.24) is 0 Å². The van der Waals surface area contributed by atoms with E-state index in [-0.39, 0.29) is 10.8 Å². The number of nitrogens with zero attached hydrogens (tertiary/aromatic N) is 2. The standard InChI is InChI=1S/C77H62N2/c1-4-17-54(18-5-1)56-27-35-62(36-28-56)78(64-41-33-59(34-42-64)61-22-16-21-60(51-61)55-19-6-2-7-20-55)63-37-29-57(30-38-63)58-31-39-65(40-32-58)79(67-44-46-71-69-24-9-11-26-73(69)77(75(71)53-67)49-14-15-50-77)66-43-45-70-68-23-8-10-25-72(68)76(74(70)52-66)47-12-3-13-48-76/h1-2,4-11,16-46,51-53H,3,12-15,47-50H2. The molecule has 2 fully saturated rings. The van der Waals surface area contributed by atoms with Gasteiger partial charge in [0.15, 0.2) is 0 Å². The lowest BCUT2D eigenvalue weighted by Crippen LogP contribution is -2.28. The molecule has 0 saturated heterocycles. The molecule has 15 rings (SSSR count). The molecule has 0 heterocycles. The van der Waals surface area contributed by atoms with E-state index in [0.717, 1.165) is 17.1 Å². The summed E-state index contributed by atoms with van der Waals surface area (Å²) in [6, 6.07) is 100. The molecule has 11 aromatic rings. The highest BCUT2D eigenvalue weighted by Gasteiger charge is 2.46. The molecular formula is C77H62N2. The highest BCUT2D eigenvalue weighted by atomic mass is 15.1. The highest BCUT2D eigenvalue weighted by molar-refractivity contribution is 5.90. The first-order valence-corrected chi connectivity index (χ1v) is 28.8. The summed E-state index contributed by atoms with van der Waals surface area (Å²) in [5.41, 5.74) is 28.5. The van der Waals surface area contributed by atoms with Gasteiger partial charge in [0.2, 0.25) is 0 Å². The maximum Gasteiger partial charge on any atom is 0.0465 e. The maximum absolute atomic E-state index is 2.58. The molecule has 4 aliphatic rings. The fourth-order valence-electron chi connectivity index (χ4n) is 14.6. The largest absolute Gasteiger partial charge is 0.311 e. The lowest BCUT2D eigenvalue weighted by atomic mass is 9.68. The van der Waals surface area contributed by atoms with Crippen molar-refractivity contribution in [1.29, 1.82) is 0 Å². The van der Waals surface area contributed by atoms with E-state index in [1.807, 2.05) is 0 Å². The van der Waals surface area contributed by atoms with Crippen LogP contribution in [0.3, 0.4) is 0 Å². The van der Waals surface area contributed by atoms with Gasteiger partial charge >= 0.3 is 0 Å². The van der Waals surface area contributed by atoms with Crippen LogP contribution in [0.15, 0.2) is 267 Å². The van der Waals surface area contributed by atoms with Crippen LogP contribution in [0, 0.1) is 0 Å². The molecule has 2 spiro atoms. The number of hydrogen-bond donors (Lipinski definition) is 0. The second kappa shape index (κ2) is 19.5. The van der Waals surface area contributed by atoms with Crippen LogP contribution in [0.4, 0.5) is 34.1 Å². The topological polar surface area (TPSA) is 6.48 Å². The number of fused-ring (bicyclic) bond motifs is 10. The van der Waals surface area contributed by atoms with Crippen molar-refractivity contribution in [3.63, 3.8) is 0 Å². The average Bonchev–Trinajstić information content (AvgIpc) is 3.93. The molecule has 79 heavy (non-hydrogen) atoms. The Morgan fingerprint density at radius 2 is 0.494 bits per heavy atom. The van der Waals surface area contributed by atoms with Crippen LogP contribution in [0.1, 0.15) is 80.0 Å². The zero-order valence-corrected chi connectivity index (χ0v) is 44.7. The summed E-state index contributed by atoms with van der Waals surface area (Å²) in [4.78, 5) is 4.94. The summed E-state index contributed by atoms with van der Waals surface area (Å²) in [7, 11) is 0. The van der Waals surface area contributed by atoms with E-state index < -0.39 is 0 Å². The number of anilines is 6. The Bertz CT molecular complexity index is 4010. The Kier molecular flexibility index (Phi) is 11.7. The van der Waals surface area contributed by atoms with Crippen molar-refractivity contribution in [3.8, 4) is 66.8 Å². The molecule has 0 bridgehead atoms. The van der Waals surface area contributed by atoms with E-state index in [2.05, 4.69) is 277 Å². The minimum absolute atomic E-state index is 0.0649. The van der Waals surface area contributed by atoms with E-state index in [1.54, 1.807) is 0 Å². The lowest BCUT2D eigenvalue weighted by Gasteiger charge is -2.36. The first-order chi connectivity index (χ1) is 39.1. The van der Waals surface area contributed by atoms with Crippen LogP contribution >= 0.6 is 0 Å². The zero-order valence-electron chi connectivity index (χ0n) is 44.7. The Balaban J connectivity index is 0.789. The van der Waals surface area contributed by atoms with Gasteiger partial charge in [0.25, 0.3) is 0 Å². The monoisotopic (exact) mass is 1010 g/mol. The number of benzene rings is 11. The van der Waals surface area contributed by atoms with Crippen LogP contribution in [0.5, 0.6) is 0 Å². The Hall–Kier alpha value is -8.98. The first kappa shape index (κ1) is 47.3. The van der Waals surface area contributed by atoms with Crippen molar-refractivity contribution < 1.29 is 0 Å². The fourth-order valence-corrected chi connectivity index (χ4v) is 14.6. The highest BCUT2D eigenvalue weighted by Crippen LogP contribution is 2.59. The molecule has 380 valence electrons. The molecule has 0 radical (unpaired) electrons. The van der Waals surface area contributed by atoms with Crippen molar-refractivity contribution in [2.75, 3.05) is 9.80 Å². The van der Waals surface area contributed by atoms with Crippen molar-refractivity contribution >= 4 is 34.1 Å². The molecule has 2 saturated carbocycles. The Morgan fingerprint density at radius 3 is 0.911 bits per heavy atom. The fraction of sp³-hybridized carbons (Fsp3) is 0.143. The molecule has 0 aromatic heterocycles. The van der Waals surface area contributed by atoms with Crippen molar-refractivity contribution in [2.24, 2.45) is 0 Å². The van der Waals surface area contributed by atoms with Crippen LogP contribution in [0.25, 0.3) is 66.8 Å². The molecular weight excluding hydrogens is 953 g/mol. The van der Waals surface area contributed by atoms with Crippen LogP contribution in [-0.2, 0) is 10.8 Å². The average molecular weight is 1020 g/mol. The van der Waals surface area contributed by atoms with Crippen LogP contribution in [-0.4, -0.2) is 0 Å². The molecule has 4 aliphatic carbocycles. The van der Waals surface area contributed by atoms with E-state index in [0.29, 0.717) is 0 Å². The summed E-state index contributed by atoms with van der Waals surface area (Å²) >= 11 is 0. The quantitative estimate of drug-likeness (QED) is 0.135. The zero-order chi connectivity index (χ0) is 52.3. The molecule has 0 atom stereocenters. The Labute approximate surface area is 466 Å². The van der Waals surface area contributed by atoms with Gasteiger partial charge < -0.3 is 9.80 Å². The van der Waals surface area contributed by atoms with Crippen LogP contribution < -0.4 is 9.80 Å². The molecule has 2 nitrogen and oxygen atoms in total. The molecule has 0 unspecified atom stereocenters. The van der Waals surface area contributed by atoms with Gasteiger partial charge in [-0.25, -0.2) is 0 Å². The van der Waals surface area contributed by atoms with Gasteiger partial charge in [0.05, 0.1) is 0 Å². The normalized spacial score (nSPS) is 15.1. The third-order valence-corrected chi connectivity index (χ3v) is 18.4. The van der Waals surface area contributed by atoms with Gasteiger partial charge in [-0.2, -0.15) is 0 Å². The minimum Gasteiger partial charge on any atom is -0.311 e. The lowest BCUT2D eigenvalue weighted by molar-refractivity contribution is 0.353. The molecule has 0 N–H and O–H groups in total. The summed E-state index contributed by atoms with van der Waals surface area (Å²) < 4.78 is 0. The SMILES string of the molecule is c1ccc(-c2ccc(N(c3ccc(-c4ccc(N(c5ccc6c(c5)C5(CCCCC5)c5ccccc5-6)c5ccc6c(c5)C5(CCCC5)c5ccccc5-6)cc4)cc3)c3ccc(-c4cccc(-c5ccccc5)c4)cc3)cc2)cc1. The second-order valence-electron chi connectivity index (χ2n) is 22.7. The molecule has 0 amide bonds. The molecule has 11 aromatic carbocycles. The number of rotatable bonds is 10. The van der Waals surface area contributed by atoms with Gasteiger partial charge in [-0.1, -0.05) is 220 Å². The predicted molar refractivity (Wildman–Crippen MR) is 332 cm³/mol. The molecule has 2 heteroatoms. The third-order valence-electron chi connectivity index (χ3n) is 18.4. The summed E-state index contributed by atoms with van der Waals surface area (Å²) in [6.07, 6.45) is 11.3. The van der Waals surface area contributed by atoms with Crippen LogP contribution in [0.2, 0.25) is 0 Å². The molecule has 0 aliphatic heterocycles. The summed E-state index contributed by atoms with van der Waals surface area (Å²) in [5, 5.41) is 0. The van der Waals surface area contributed by atoms with Gasteiger partial charge in [0, 0.05) is 45.0 Å². The van der Waals surface area contributed by atoms with E-state index in [4.69, 9.17) is 0 Å². The van der Waals surface area contributed by atoms with E-state index in [1.165, 1.54) is 164 Å². The van der Waals surface area contributed by atoms with Crippen molar-refractivity contribution in [2.45, 2.75) is 68.6 Å². The van der Waals surface area contributed by atoms with E-state index in [9.17, 15) is 0 Å². The van der Waals surface area contributed by atoms with E-state index >= 15 is 0 Å². The van der Waals surface area contributed by atoms with Crippen molar-refractivity contribution in [3.05, 3.63) is 289 Å². The summed E-state index contributed by atoms with van der Waals surface area (Å²) in [6.45, 7) is 0. The third kappa shape index (κ3) is 8.07. The smallest absolute Gasteiger partial charge is 0.0465 e. The predicted octanol–water partition coefficient (Wildman–Crippen LogP) is 21.4. The van der Waals surface area contributed by atoms with Gasteiger partial charge in [-0.05, 0) is 194 Å². The summed E-state index contributed by atoms with van der Waals surface area (Å²) in [5.74, 6) is 0. The second-order valence-corrected chi connectivity index (χ2v) is 22.7. The first-order valence-electron chi connectivity index (χ1n) is 28.8. The van der Waals surface area contributed by atoms with Gasteiger partial charge in [0.1, 0.15) is 0 Å².